The summed E-state index contributed by atoms with van der Waals surface area (Å²) < 4.78 is 0. The minimum absolute atomic E-state index is 0.400. The molecule has 0 bridgehead atoms. The molecule has 1 N–H and O–H groups in total. The molecule has 4 nitrogen and oxygen atoms in total. The molecule has 0 spiro atoms. The molecule has 2 rings (SSSR count). The van der Waals surface area contributed by atoms with Crippen molar-refractivity contribution in [3.63, 3.8) is 0 Å². The van der Waals surface area contributed by atoms with E-state index >= 15 is 0 Å². The van der Waals surface area contributed by atoms with Crippen molar-refractivity contribution in [2.24, 2.45) is 0 Å². The maximum absolute atomic E-state index is 4.54. The van der Waals surface area contributed by atoms with E-state index in [1.807, 2.05) is 13.0 Å². The van der Waals surface area contributed by atoms with Gasteiger partial charge < -0.3 is 10.2 Å². The van der Waals surface area contributed by atoms with Crippen LogP contribution in [0.4, 0.5) is 11.6 Å². The zero-order valence-electron chi connectivity index (χ0n) is 12.6. The summed E-state index contributed by atoms with van der Waals surface area (Å²) in [5, 5.41) is 5.38. The lowest BCUT2D eigenvalue weighted by Crippen LogP contribution is -2.31. The fourth-order valence-electron chi connectivity index (χ4n) is 2.09. The van der Waals surface area contributed by atoms with Gasteiger partial charge in [-0.2, -0.15) is 0 Å². The smallest absolute Gasteiger partial charge is 0.134 e. The van der Waals surface area contributed by atoms with Gasteiger partial charge in [0.1, 0.15) is 17.5 Å². The molecule has 0 aliphatic rings. The van der Waals surface area contributed by atoms with Crippen molar-refractivity contribution in [2.75, 3.05) is 23.8 Å². The standard InChI is InChI=1S/C15H22N4S/c1-5-16-14-10-15(18-12(3)17-14)19(4)11(2)9-13-7-6-8-20-13/h6-8,10-11H,5,9H2,1-4H3,(H,16,17,18). The Hall–Kier alpha value is -1.62. The Morgan fingerprint density at radius 2 is 2.20 bits per heavy atom. The van der Waals surface area contributed by atoms with E-state index in [1.165, 1.54) is 4.88 Å². The summed E-state index contributed by atoms with van der Waals surface area (Å²) in [6.45, 7) is 7.09. The highest BCUT2D eigenvalue weighted by atomic mass is 32.1. The van der Waals surface area contributed by atoms with E-state index < -0.39 is 0 Å². The molecule has 2 aromatic heterocycles. The lowest BCUT2D eigenvalue weighted by atomic mass is 10.2. The molecule has 2 aromatic rings. The van der Waals surface area contributed by atoms with Gasteiger partial charge in [-0.15, -0.1) is 11.3 Å². The van der Waals surface area contributed by atoms with Crippen LogP contribution in [0.3, 0.4) is 0 Å². The predicted molar refractivity (Wildman–Crippen MR) is 86.8 cm³/mol. The van der Waals surface area contributed by atoms with Gasteiger partial charge in [0.25, 0.3) is 0 Å². The monoisotopic (exact) mass is 290 g/mol. The molecule has 0 saturated heterocycles. The first-order valence-corrected chi connectivity index (χ1v) is 7.83. The molecular formula is C15H22N4S. The lowest BCUT2D eigenvalue weighted by molar-refractivity contribution is 0.678. The Labute approximate surface area is 124 Å². The first-order valence-electron chi connectivity index (χ1n) is 6.95. The Balaban J connectivity index is 2.13. The van der Waals surface area contributed by atoms with Gasteiger partial charge in [0.05, 0.1) is 0 Å². The highest BCUT2D eigenvalue weighted by molar-refractivity contribution is 7.09. The van der Waals surface area contributed by atoms with E-state index in [-0.39, 0.29) is 0 Å². The van der Waals surface area contributed by atoms with Crippen LogP contribution < -0.4 is 10.2 Å². The second-order valence-corrected chi connectivity index (χ2v) is 5.96. The third-order valence-electron chi connectivity index (χ3n) is 3.28. The van der Waals surface area contributed by atoms with Crippen LogP contribution in [0.1, 0.15) is 24.5 Å². The van der Waals surface area contributed by atoms with Gasteiger partial charge in [0, 0.05) is 37.0 Å². The summed E-state index contributed by atoms with van der Waals surface area (Å²) in [7, 11) is 2.09. The van der Waals surface area contributed by atoms with Crippen LogP contribution in [0.5, 0.6) is 0 Å². The van der Waals surface area contributed by atoms with Crippen molar-refractivity contribution < 1.29 is 0 Å². The van der Waals surface area contributed by atoms with Crippen LogP contribution in [-0.2, 0) is 6.42 Å². The zero-order chi connectivity index (χ0) is 14.5. The number of rotatable bonds is 6. The average molecular weight is 290 g/mol. The summed E-state index contributed by atoms with van der Waals surface area (Å²) in [6.07, 6.45) is 1.04. The van der Waals surface area contributed by atoms with Crippen molar-refractivity contribution in [2.45, 2.75) is 33.2 Å². The third kappa shape index (κ3) is 3.70. The molecule has 0 radical (unpaired) electrons. The maximum atomic E-state index is 4.54. The van der Waals surface area contributed by atoms with Gasteiger partial charge in [0.15, 0.2) is 0 Å². The van der Waals surface area contributed by atoms with E-state index in [4.69, 9.17) is 0 Å². The molecule has 0 aliphatic heterocycles. The van der Waals surface area contributed by atoms with Gasteiger partial charge in [-0.05, 0) is 32.2 Å². The fourth-order valence-corrected chi connectivity index (χ4v) is 2.91. The van der Waals surface area contributed by atoms with Crippen molar-refractivity contribution >= 4 is 23.0 Å². The number of aromatic nitrogens is 2. The second-order valence-electron chi connectivity index (χ2n) is 4.93. The van der Waals surface area contributed by atoms with Gasteiger partial charge >= 0.3 is 0 Å². The fraction of sp³-hybridized carbons (Fsp3) is 0.467. The molecule has 0 saturated carbocycles. The maximum Gasteiger partial charge on any atom is 0.134 e. The van der Waals surface area contributed by atoms with E-state index in [1.54, 1.807) is 11.3 Å². The van der Waals surface area contributed by atoms with Gasteiger partial charge in [-0.25, -0.2) is 9.97 Å². The molecule has 1 atom stereocenters. The molecule has 0 fully saturated rings. The van der Waals surface area contributed by atoms with Crippen molar-refractivity contribution in [3.8, 4) is 0 Å². The van der Waals surface area contributed by atoms with E-state index in [2.05, 4.69) is 58.6 Å². The summed E-state index contributed by atoms with van der Waals surface area (Å²) in [5.74, 6) is 2.66. The normalized spacial score (nSPS) is 12.2. The van der Waals surface area contributed by atoms with Crippen LogP contribution in [0.25, 0.3) is 0 Å². The molecule has 0 amide bonds. The molecule has 0 aromatic carbocycles. The Bertz CT molecular complexity index is 539. The molecule has 2 heterocycles. The topological polar surface area (TPSA) is 41.0 Å². The van der Waals surface area contributed by atoms with Crippen LogP contribution in [0, 0.1) is 6.92 Å². The zero-order valence-corrected chi connectivity index (χ0v) is 13.4. The highest BCUT2D eigenvalue weighted by Crippen LogP contribution is 2.20. The molecule has 20 heavy (non-hydrogen) atoms. The van der Waals surface area contributed by atoms with Crippen molar-refractivity contribution in [3.05, 3.63) is 34.3 Å². The lowest BCUT2D eigenvalue weighted by Gasteiger charge is -2.26. The Morgan fingerprint density at radius 3 is 2.85 bits per heavy atom. The van der Waals surface area contributed by atoms with E-state index in [9.17, 15) is 0 Å². The highest BCUT2D eigenvalue weighted by Gasteiger charge is 2.14. The van der Waals surface area contributed by atoms with Crippen LogP contribution in [0.2, 0.25) is 0 Å². The molecule has 5 heteroatoms. The largest absolute Gasteiger partial charge is 0.370 e. The second kappa shape index (κ2) is 6.70. The number of nitrogens with zero attached hydrogens (tertiary/aromatic N) is 3. The molecule has 0 aliphatic carbocycles. The van der Waals surface area contributed by atoms with Gasteiger partial charge in [0.2, 0.25) is 0 Å². The first-order chi connectivity index (χ1) is 9.60. The van der Waals surface area contributed by atoms with Crippen LogP contribution >= 0.6 is 11.3 Å². The number of hydrogen-bond donors (Lipinski definition) is 1. The van der Waals surface area contributed by atoms with E-state index in [0.717, 1.165) is 30.4 Å². The van der Waals surface area contributed by atoms with Crippen molar-refractivity contribution in [1.29, 1.82) is 0 Å². The summed E-state index contributed by atoms with van der Waals surface area (Å²) in [5.41, 5.74) is 0. The van der Waals surface area contributed by atoms with Crippen LogP contribution in [-0.4, -0.2) is 29.6 Å². The SMILES string of the molecule is CCNc1cc(N(C)C(C)Cc2cccs2)nc(C)n1. The molecule has 108 valence electrons. The summed E-state index contributed by atoms with van der Waals surface area (Å²) in [6, 6.07) is 6.70. The average Bonchev–Trinajstić information content (AvgIpc) is 2.90. The quantitative estimate of drug-likeness (QED) is 0.886. The molecular weight excluding hydrogens is 268 g/mol. The number of hydrogen-bond acceptors (Lipinski definition) is 5. The number of anilines is 2. The Morgan fingerprint density at radius 1 is 1.40 bits per heavy atom. The minimum atomic E-state index is 0.400. The predicted octanol–water partition coefficient (Wildman–Crippen LogP) is 3.35. The Kier molecular flexibility index (Phi) is 4.95. The summed E-state index contributed by atoms with van der Waals surface area (Å²) >= 11 is 1.81. The van der Waals surface area contributed by atoms with Gasteiger partial charge in [-0.1, -0.05) is 6.07 Å². The minimum Gasteiger partial charge on any atom is -0.370 e. The summed E-state index contributed by atoms with van der Waals surface area (Å²) in [4.78, 5) is 12.6. The van der Waals surface area contributed by atoms with Gasteiger partial charge in [-0.3, -0.25) is 0 Å². The van der Waals surface area contributed by atoms with Crippen molar-refractivity contribution in [1.82, 2.24) is 9.97 Å². The first kappa shape index (κ1) is 14.8. The number of aryl methyl sites for hydroxylation is 1. The number of thiophene rings is 1. The number of nitrogens with one attached hydrogen (secondary N) is 1. The number of likely N-dealkylation sites (N-methyl/N-ethyl adjacent to an activating group) is 1. The third-order valence-corrected chi connectivity index (χ3v) is 4.18. The van der Waals surface area contributed by atoms with E-state index in [0.29, 0.717) is 6.04 Å². The molecule has 1 unspecified atom stereocenters. The van der Waals surface area contributed by atoms with Crippen LogP contribution in [0.15, 0.2) is 23.6 Å².